The zero-order valence-electron chi connectivity index (χ0n) is 14.7. The molecule has 1 aromatic carbocycles. The highest BCUT2D eigenvalue weighted by molar-refractivity contribution is 5.74. The number of nitrogens with zero attached hydrogens (tertiary/aromatic N) is 2. The number of amides is 2. The molecule has 2 rings (SSSR count). The van der Waals surface area contributed by atoms with Crippen molar-refractivity contribution in [2.24, 2.45) is 5.41 Å². The first-order valence-electron chi connectivity index (χ1n) is 7.77. The third kappa shape index (κ3) is 4.47. The molecule has 2 amide bonds. The third-order valence-electron chi connectivity index (χ3n) is 3.57. The first-order chi connectivity index (χ1) is 11.3. The molecule has 24 heavy (non-hydrogen) atoms. The lowest BCUT2D eigenvalue weighted by Gasteiger charge is -2.32. The van der Waals surface area contributed by atoms with Crippen LogP contribution in [0.5, 0.6) is 5.75 Å². The second-order valence-electron chi connectivity index (χ2n) is 6.60. The molecule has 7 nitrogen and oxygen atoms in total. The van der Waals surface area contributed by atoms with Gasteiger partial charge in [-0.3, -0.25) is 0 Å². The van der Waals surface area contributed by atoms with Gasteiger partial charge in [-0.2, -0.15) is 4.98 Å². The highest BCUT2D eigenvalue weighted by atomic mass is 16.5. The van der Waals surface area contributed by atoms with Gasteiger partial charge in [-0.25, -0.2) is 4.79 Å². The molecule has 0 bridgehead atoms. The first-order valence-corrected chi connectivity index (χ1v) is 7.77. The maximum absolute atomic E-state index is 12.3. The molecule has 2 N–H and O–H groups in total. The summed E-state index contributed by atoms with van der Waals surface area (Å²) in [5, 5.41) is 9.51. The van der Waals surface area contributed by atoms with E-state index in [9.17, 15) is 4.79 Å². The van der Waals surface area contributed by atoms with E-state index >= 15 is 0 Å². The van der Waals surface area contributed by atoms with Crippen molar-refractivity contribution in [3.05, 3.63) is 41.5 Å². The molecule has 0 spiro atoms. The van der Waals surface area contributed by atoms with Crippen LogP contribution in [0.1, 0.15) is 44.1 Å². The lowest BCUT2D eigenvalue weighted by molar-refractivity contribution is 0.216. The minimum Gasteiger partial charge on any atom is -0.496 e. The lowest BCUT2D eigenvalue weighted by Crippen LogP contribution is -2.42. The van der Waals surface area contributed by atoms with Crippen molar-refractivity contribution in [1.29, 1.82) is 0 Å². The highest BCUT2D eigenvalue weighted by Gasteiger charge is 2.30. The largest absolute Gasteiger partial charge is 0.496 e. The van der Waals surface area contributed by atoms with E-state index in [1.807, 2.05) is 24.3 Å². The summed E-state index contributed by atoms with van der Waals surface area (Å²) in [6.07, 6.45) is 0. The average Bonchev–Trinajstić information content (AvgIpc) is 2.95. The Bertz CT molecular complexity index is 691. The van der Waals surface area contributed by atoms with Gasteiger partial charge in [0, 0.05) is 12.5 Å². The Hall–Kier alpha value is -2.57. The van der Waals surface area contributed by atoms with Gasteiger partial charge >= 0.3 is 6.03 Å². The molecule has 0 radical (unpaired) electrons. The fraction of sp³-hybridized carbons (Fsp3) is 0.471. The second kappa shape index (κ2) is 7.33. The quantitative estimate of drug-likeness (QED) is 0.878. The van der Waals surface area contributed by atoms with Crippen molar-refractivity contribution in [1.82, 2.24) is 20.8 Å². The van der Waals surface area contributed by atoms with Gasteiger partial charge in [0.05, 0.1) is 19.7 Å². The zero-order chi connectivity index (χ0) is 17.7. The molecule has 0 aliphatic carbocycles. The van der Waals surface area contributed by atoms with Crippen molar-refractivity contribution in [3.8, 4) is 5.75 Å². The molecule has 2 aromatic rings. The van der Waals surface area contributed by atoms with Crippen molar-refractivity contribution in [2.45, 2.75) is 40.3 Å². The molecule has 0 saturated heterocycles. The van der Waals surface area contributed by atoms with Crippen LogP contribution in [0, 0.1) is 12.3 Å². The van der Waals surface area contributed by atoms with Crippen LogP contribution in [-0.4, -0.2) is 23.3 Å². The molecule has 7 heteroatoms. The standard InChI is InChI=1S/C17H24N4O3/c1-11-19-14(21-24-11)10-18-16(22)20-15(17(2,3)4)12-8-6-7-9-13(12)23-5/h6-9,15H,10H2,1-5H3,(H2,18,20,22)/t15-/m1/s1. The Morgan fingerprint density at radius 1 is 1.33 bits per heavy atom. The summed E-state index contributed by atoms with van der Waals surface area (Å²) in [6.45, 7) is 8.09. The minimum absolute atomic E-state index is 0.200. The van der Waals surface area contributed by atoms with Crippen LogP contribution >= 0.6 is 0 Å². The van der Waals surface area contributed by atoms with E-state index in [1.165, 1.54) is 0 Å². The molecule has 0 aliphatic rings. The van der Waals surface area contributed by atoms with E-state index in [0.717, 1.165) is 11.3 Å². The summed E-state index contributed by atoms with van der Waals surface area (Å²) >= 11 is 0. The number of rotatable bonds is 5. The smallest absolute Gasteiger partial charge is 0.315 e. The summed E-state index contributed by atoms with van der Waals surface area (Å²) < 4.78 is 10.3. The maximum atomic E-state index is 12.3. The summed E-state index contributed by atoms with van der Waals surface area (Å²) in [6, 6.07) is 7.15. The van der Waals surface area contributed by atoms with Crippen LogP contribution in [0.2, 0.25) is 0 Å². The van der Waals surface area contributed by atoms with Gasteiger partial charge in [-0.05, 0) is 11.5 Å². The van der Waals surface area contributed by atoms with Crippen LogP contribution in [0.4, 0.5) is 4.79 Å². The van der Waals surface area contributed by atoms with E-state index in [0.29, 0.717) is 11.7 Å². The highest BCUT2D eigenvalue weighted by Crippen LogP contribution is 2.37. The van der Waals surface area contributed by atoms with Gasteiger partial charge in [-0.15, -0.1) is 0 Å². The number of carbonyl (C=O) groups is 1. The van der Waals surface area contributed by atoms with Crippen molar-refractivity contribution < 1.29 is 14.1 Å². The molecular formula is C17H24N4O3. The van der Waals surface area contributed by atoms with Gasteiger partial charge in [0.2, 0.25) is 5.89 Å². The number of nitrogens with one attached hydrogen (secondary N) is 2. The molecule has 0 aliphatic heterocycles. The second-order valence-corrected chi connectivity index (χ2v) is 6.60. The number of aryl methyl sites for hydroxylation is 1. The van der Waals surface area contributed by atoms with Crippen LogP contribution in [0.15, 0.2) is 28.8 Å². The number of benzene rings is 1. The van der Waals surface area contributed by atoms with Gasteiger partial charge in [-0.1, -0.05) is 44.1 Å². The van der Waals surface area contributed by atoms with Crippen molar-refractivity contribution in [2.75, 3.05) is 7.11 Å². The zero-order valence-corrected chi connectivity index (χ0v) is 14.7. The van der Waals surface area contributed by atoms with Crippen LogP contribution in [-0.2, 0) is 6.54 Å². The summed E-state index contributed by atoms with van der Waals surface area (Å²) in [5.41, 5.74) is 0.729. The fourth-order valence-electron chi connectivity index (χ4n) is 2.42. The average molecular weight is 332 g/mol. The first kappa shape index (κ1) is 17.8. The van der Waals surface area contributed by atoms with Gasteiger partial charge in [0.15, 0.2) is 5.82 Å². The normalized spacial score (nSPS) is 12.5. The Morgan fingerprint density at radius 3 is 2.62 bits per heavy atom. The fourth-order valence-corrected chi connectivity index (χ4v) is 2.42. The van der Waals surface area contributed by atoms with E-state index in [1.54, 1.807) is 14.0 Å². The van der Waals surface area contributed by atoms with Crippen LogP contribution in [0.3, 0.4) is 0 Å². The number of aromatic nitrogens is 2. The Kier molecular flexibility index (Phi) is 5.43. The number of hydrogen-bond donors (Lipinski definition) is 2. The van der Waals surface area contributed by atoms with Crippen LogP contribution in [0.25, 0.3) is 0 Å². The van der Waals surface area contributed by atoms with Crippen molar-refractivity contribution in [3.63, 3.8) is 0 Å². The molecule has 130 valence electrons. The summed E-state index contributed by atoms with van der Waals surface area (Å²) in [5.74, 6) is 1.65. The predicted molar refractivity (Wildman–Crippen MR) is 89.6 cm³/mol. The molecule has 0 saturated carbocycles. The molecule has 1 atom stereocenters. The van der Waals surface area contributed by atoms with Gasteiger partial charge in [0.25, 0.3) is 0 Å². The Balaban J connectivity index is 2.10. The van der Waals surface area contributed by atoms with Crippen LogP contribution < -0.4 is 15.4 Å². The Labute approximate surface area is 141 Å². The summed E-state index contributed by atoms with van der Waals surface area (Å²) in [4.78, 5) is 16.4. The number of urea groups is 1. The van der Waals surface area contributed by atoms with E-state index in [-0.39, 0.29) is 24.0 Å². The SMILES string of the molecule is COc1ccccc1[C@@H](NC(=O)NCc1noc(C)n1)C(C)(C)C. The number of carbonyl (C=O) groups excluding carboxylic acids is 1. The topological polar surface area (TPSA) is 89.3 Å². The molecule has 1 heterocycles. The molecule has 1 aromatic heterocycles. The van der Waals surface area contributed by atoms with Gasteiger partial charge in [0.1, 0.15) is 5.75 Å². The lowest BCUT2D eigenvalue weighted by atomic mass is 9.82. The number of methoxy groups -OCH3 is 1. The number of ether oxygens (including phenoxy) is 1. The summed E-state index contributed by atoms with van der Waals surface area (Å²) in [7, 11) is 1.62. The third-order valence-corrected chi connectivity index (χ3v) is 3.57. The molecule has 0 unspecified atom stereocenters. The van der Waals surface area contributed by atoms with E-state index in [2.05, 4.69) is 41.5 Å². The number of para-hydroxylation sites is 1. The van der Waals surface area contributed by atoms with E-state index in [4.69, 9.17) is 9.26 Å². The monoisotopic (exact) mass is 332 g/mol. The predicted octanol–water partition coefficient (Wildman–Crippen LogP) is 2.97. The molecular weight excluding hydrogens is 308 g/mol. The number of hydrogen-bond acceptors (Lipinski definition) is 5. The minimum atomic E-state index is -0.303. The van der Waals surface area contributed by atoms with Crippen molar-refractivity contribution >= 4 is 6.03 Å². The Morgan fingerprint density at radius 2 is 2.04 bits per heavy atom. The van der Waals surface area contributed by atoms with E-state index < -0.39 is 0 Å². The molecule has 0 fully saturated rings. The van der Waals surface area contributed by atoms with Gasteiger partial charge < -0.3 is 19.9 Å². The maximum Gasteiger partial charge on any atom is 0.315 e.